The summed E-state index contributed by atoms with van der Waals surface area (Å²) >= 11 is 1.73. The maximum atomic E-state index is 11.7. The first-order valence-electron chi connectivity index (χ1n) is 8.51. The Labute approximate surface area is 151 Å². The van der Waals surface area contributed by atoms with E-state index in [0.717, 1.165) is 11.3 Å². The summed E-state index contributed by atoms with van der Waals surface area (Å²) in [5.74, 6) is 0.210. The first kappa shape index (κ1) is 14.7. The number of rotatable bonds is 1. The Bertz CT molecular complexity index is 1070. The average Bonchev–Trinajstić information content (AvgIpc) is 2.66. The number of thioether (sulfide) groups is 1. The van der Waals surface area contributed by atoms with Gasteiger partial charge in [-0.1, -0.05) is 72.4 Å². The molecule has 0 bridgehead atoms. The molecule has 1 heterocycles. The summed E-state index contributed by atoms with van der Waals surface area (Å²) in [4.78, 5) is 14.1. The predicted octanol–water partition coefficient (Wildman–Crippen LogP) is 5.94. The zero-order chi connectivity index (χ0) is 16.8. The molecule has 0 saturated heterocycles. The molecule has 0 saturated carbocycles. The molecule has 25 heavy (non-hydrogen) atoms. The van der Waals surface area contributed by atoms with E-state index in [-0.39, 0.29) is 5.78 Å². The topological polar surface area (TPSA) is 17.1 Å². The van der Waals surface area contributed by atoms with Crippen molar-refractivity contribution in [2.75, 3.05) is 0 Å². The van der Waals surface area contributed by atoms with Crippen LogP contribution in [-0.4, -0.2) is 5.78 Å². The number of carbonyl (C=O) groups excluding carboxylic acids is 1. The molecular weight excluding hydrogens is 324 g/mol. The third kappa shape index (κ3) is 2.45. The van der Waals surface area contributed by atoms with Gasteiger partial charge in [-0.2, -0.15) is 0 Å². The van der Waals surface area contributed by atoms with E-state index in [4.69, 9.17) is 0 Å². The van der Waals surface area contributed by atoms with Gasteiger partial charge < -0.3 is 0 Å². The van der Waals surface area contributed by atoms with Crippen molar-refractivity contribution in [2.45, 2.75) is 17.7 Å². The summed E-state index contributed by atoms with van der Waals surface area (Å²) in [6.07, 6.45) is 5.37. The number of carbonyl (C=O) groups is 1. The van der Waals surface area contributed by atoms with Gasteiger partial charge in [-0.05, 0) is 51.6 Å². The second kappa shape index (κ2) is 5.75. The summed E-state index contributed by atoms with van der Waals surface area (Å²) in [6, 6.07) is 21.6. The van der Waals surface area contributed by atoms with E-state index in [1.165, 1.54) is 37.9 Å². The minimum absolute atomic E-state index is 0.210. The zero-order valence-electron chi connectivity index (χ0n) is 13.7. The molecule has 0 atom stereocenters. The number of fused-ring (bicyclic) bond motifs is 4. The van der Waals surface area contributed by atoms with E-state index in [2.05, 4.69) is 66.7 Å². The predicted molar refractivity (Wildman–Crippen MR) is 105 cm³/mol. The highest BCUT2D eigenvalue weighted by Gasteiger charge is 2.23. The summed E-state index contributed by atoms with van der Waals surface area (Å²) in [5, 5.41) is 2.62. The van der Waals surface area contributed by atoms with Gasteiger partial charge in [-0.15, -0.1) is 0 Å². The molecule has 0 N–H and O–H groups in total. The van der Waals surface area contributed by atoms with E-state index in [1.807, 2.05) is 6.08 Å². The molecule has 3 aromatic carbocycles. The standard InChI is InChI=1S/C23H16OS/c24-17-10-9-16-13-21-19-8-4-7-18(15-5-2-1-3-6-15)20(19)11-12-22(21)25-23(16)14-17/h1-9,11-12,14H,10,13H2. The highest BCUT2D eigenvalue weighted by molar-refractivity contribution is 8.03. The Kier molecular flexibility index (Phi) is 3.39. The van der Waals surface area contributed by atoms with Crippen molar-refractivity contribution in [3.63, 3.8) is 0 Å². The molecule has 1 nitrogen and oxygen atoms in total. The molecule has 2 aliphatic rings. The minimum Gasteiger partial charge on any atom is -0.294 e. The molecule has 0 amide bonds. The van der Waals surface area contributed by atoms with Crippen molar-refractivity contribution in [1.29, 1.82) is 0 Å². The fourth-order valence-electron chi connectivity index (χ4n) is 3.73. The highest BCUT2D eigenvalue weighted by atomic mass is 32.2. The number of hydrogen-bond donors (Lipinski definition) is 0. The first-order valence-corrected chi connectivity index (χ1v) is 9.33. The van der Waals surface area contributed by atoms with Crippen LogP contribution in [0.2, 0.25) is 0 Å². The average molecular weight is 340 g/mol. The molecule has 0 radical (unpaired) electrons. The van der Waals surface area contributed by atoms with Crippen molar-refractivity contribution in [2.24, 2.45) is 0 Å². The summed E-state index contributed by atoms with van der Waals surface area (Å²) in [6.45, 7) is 0. The maximum Gasteiger partial charge on any atom is 0.160 e. The maximum absolute atomic E-state index is 11.7. The summed E-state index contributed by atoms with van der Waals surface area (Å²) in [5.41, 5.74) is 5.22. The van der Waals surface area contributed by atoms with Gasteiger partial charge in [0.1, 0.15) is 0 Å². The van der Waals surface area contributed by atoms with Crippen LogP contribution in [0.25, 0.3) is 21.9 Å². The number of allylic oxidation sites excluding steroid dienone is 3. The van der Waals surface area contributed by atoms with Gasteiger partial charge in [-0.25, -0.2) is 0 Å². The van der Waals surface area contributed by atoms with E-state index < -0.39 is 0 Å². The van der Waals surface area contributed by atoms with Gasteiger partial charge in [0.15, 0.2) is 5.78 Å². The first-order chi connectivity index (χ1) is 12.3. The molecule has 2 heteroatoms. The van der Waals surface area contributed by atoms with Crippen molar-refractivity contribution in [3.8, 4) is 11.1 Å². The lowest BCUT2D eigenvalue weighted by molar-refractivity contribution is -0.113. The molecular formula is C23H16OS. The molecule has 0 spiro atoms. The van der Waals surface area contributed by atoms with Crippen LogP contribution in [0.3, 0.4) is 0 Å². The lowest BCUT2D eigenvalue weighted by Gasteiger charge is -2.25. The minimum atomic E-state index is 0.210. The van der Waals surface area contributed by atoms with Gasteiger partial charge in [-0.3, -0.25) is 4.79 Å². The second-order valence-electron chi connectivity index (χ2n) is 6.50. The normalized spacial score (nSPS) is 16.1. The van der Waals surface area contributed by atoms with Crippen LogP contribution in [0.15, 0.2) is 88.2 Å². The van der Waals surface area contributed by atoms with Crippen molar-refractivity contribution in [1.82, 2.24) is 0 Å². The summed E-state index contributed by atoms with van der Waals surface area (Å²) < 4.78 is 0. The van der Waals surface area contributed by atoms with Gasteiger partial charge in [0.05, 0.1) is 0 Å². The van der Waals surface area contributed by atoms with Crippen molar-refractivity contribution >= 4 is 28.3 Å². The number of hydrogen-bond acceptors (Lipinski definition) is 2. The third-order valence-corrected chi connectivity index (χ3v) is 6.16. The van der Waals surface area contributed by atoms with Crippen LogP contribution in [0.5, 0.6) is 0 Å². The molecule has 5 rings (SSSR count). The van der Waals surface area contributed by atoms with Gasteiger partial charge >= 0.3 is 0 Å². The Morgan fingerprint density at radius 2 is 1.72 bits per heavy atom. The Morgan fingerprint density at radius 1 is 0.840 bits per heavy atom. The Balaban J connectivity index is 1.71. The number of benzene rings is 3. The van der Waals surface area contributed by atoms with E-state index >= 15 is 0 Å². The molecule has 0 unspecified atom stereocenters. The van der Waals surface area contributed by atoms with Gasteiger partial charge in [0, 0.05) is 16.2 Å². The highest BCUT2D eigenvalue weighted by Crippen LogP contribution is 2.46. The largest absolute Gasteiger partial charge is 0.294 e. The zero-order valence-corrected chi connectivity index (χ0v) is 14.5. The summed E-state index contributed by atoms with van der Waals surface area (Å²) in [7, 11) is 0. The lowest BCUT2D eigenvalue weighted by atomic mass is 9.91. The number of ketones is 1. The smallest absolute Gasteiger partial charge is 0.160 e. The quantitative estimate of drug-likeness (QED) is 0.545. The van der Waals surface area contributed by atoms with Crippen LogP contribution in [-0.2, 0) is 11.2 Å². The Morgan fingerprint density at radius 3 is 2.60 bits per heavy atom. The van der Waals surface area contributed by atoms with E-state index in [1.54, 1.807) is 11.8 Å². The molecule has 0 fully saturated rings. The van der Waals surface area contributed by atoms with Crippen LogP contribution in [0, 0.1) is 0 Å². The second-order valence-corrected chi connectivity index (χ2v) is 7.58. The van der Waals surface area contributed by atoms with E-state index in [9.17, 15) is 4.79 Å². The van der Waals surface area contributed by atoms with Gasteiger partial charge in [0.25, 0.3) is 0 Å². The molecule has 1 aliphatic heterocycles. The van der Waals surface area contributed by atoms with E-state index in [0.29, 0.717) is 6.42 Å². The third-order valence-electron chi connectivity index (χ3n) is 4.96. The lowest BCUT2D eigenvalue weighted by Crippen LogP contribution is -2.08. The van der Waals surface area contributed by atoms with Crippen LogP contribution in [0.4, 0.5) is 0 Å². The fourth-order valence-corrected chi connectivity index (χ4v) is 4.89. The SMILES string of the molecule is O=C1C=C2Sc3ccc4c(-c5ccccc5)cccc4c3CC2=CC1. The fraction of sp³-hybridized carbons (Fsp3) is 0.0870. The van der Waals surface area contributed by atoms with Crippen molar-refractivity contribution < 1.29 is 4.79 Å². The van der Waals surface area contributed by atoms with Crippen LogP contribution < -0.4 is 0 Å². The molecule has 3 aromatic rings. The van der Waals surface area contributed by atoms with Gasteiger partial charge in [0.2, 0.25) is 0 Å². The van der Waals surface area contributed by atoms with Crippen LogP contribution >= 0.6 is 11.8 Å². The molecule has 1 aliphatic carbocycles. The Hall–Kier alpha value is -2.58. The van der Waals surface area contributed by atoms with Crippen LogP contribution in [0.1, 0.15) is 12.0 Å². The monoisotopic (exact) mass is 340 g/mol. The molecule has 0 aromatic heterocycles. The van der Waals surface area contributed by atoms with Crippen molar-refractivity contribution in [3.05, 3.63) is 88.9 Å². The molecule has 120 valence electrons.